The summed E-state index contributed by atoms with van der Waals surface area (Å²) in [5.74, 6) is 0.0532. The number of halogens is 1. The SMILES string of the molecule is COc1ccc([N+](=O)[O-])cc1NC(=O)C1CCCN(Cc2ccc(Cl)cc2)C1. The van der Waals surface area contributed by atoms with Gasteiger partial charge in [0.2, 0.25) is 5.91 Å². The molecule has 1 fully saturated rings. The molecule has 1 atom stereocenters. The third kappa shape index (κ3) is 4.99. The molecule has 1 saturated heterocycles. The van der Waals surface area contributed by atoms with Crippen LogP contribution in [0.2, 0.25) is 5.02 Å². The Bertz CT molecular complexity index is 857. The number of piperidine rings is 1. The first-order valence-corrected chi connectivity index (χ1v) is 9.44. The second-order valence-electron chi connectivity index (χ2n) is 6.83. The minimum absolute atomic E-state index is 0.0934. The third-order valence-corrected chi connectivity index (χ3v) is 5.10. The zero-order valence-electron chi connectivity index (χ0n) is 15.6. The van der Waals surface area contributed by atoms with Crippen molar-refractivity contribution in [3.63, 3.8) is 0 Å². The van der Waals surface area contributed by atoms with Crippen molar-refractivity contribution in [3.8, 4) is 5.75 Å². The van der Waals surface area contributed by atoms with E-state index in [9.17, 15) is 14.9 Å². The molecule has 1 aliphatic heterocycles. The lowest BCUT2D eigenvalue weighted by atomic mass is 9.96. The predicted molar refractivity (Wildman–Crippen MR) is 108 cm³/mol. The summed E-state index contributed by atoms with van der Waals surface area (Å²) >= 11 is 5.93. The number of anilines is 1. The molecule has 1 N–H and O–H groups in total. The Balaban J connectivity index is 1.66. The first-order valence-electron chi connectivity index (χ1n) is 9.06. The number of nitro groups is 1. The number of nitro benzene ring substituents is 1. The Morgan fingerprint density at radius 2 is 2.07 bits per heavy atom. The van der Waals surface area contributed by atoms with E-state index in [0.717, 1.165) is 31.5 Å². The van der Waals surface area contributed by atoms with Crippen LogP contribution in [0.1, 0.15) is 18.4 Å². The van der Waals surface area contributed by atoms with Crippen LogP contribution in [-0.2, 0) is 11.3 Å². The van der Waals surface area contributed by atoms with Crippen LogP contribution in [0, 0.1) is 16.0 Å². The van der Waals surface area contributed by atoms with Crippen molar-refractivity contribution in [2.24, 2.45) is 5.92 Å². The van der Waals surface area contributed by atoms with Gasteiger partial charge in [-0.3, -0.25) is 19.8 Å². The molecule has 0 bridgehead atoms. The molecule has 1 amide bonds. The van der Waals surface area contributed by atoms with Gasteiger partial charge in [-0.1, -0.05) is 23.7 Å². The number of hydrogen-bond acceptors (Lipinski definition) is 5. The molecule has 2 aromatic rings. The van der Waals surface area contributed by atoms with E-state index in [2.05, 4.69) is 10.2 Å². The molecule has 0 spiro atoms. The fraction of sp³-hybridized carbons (Fsp3) is 0.350. The van der Waals surface area contributed by atoms with Gasteiger partial charge in [0.05, 0.1) is 23.6 Å². The van der Waals surface area contributed by atoms with Crippen LogP contribution in [0.3, 0.4) is 0 Å². The minimum atomic E-state index is -0.496. The number of rotatable bonds is 6. The van der Waals surface area contributed by atoms with E-state index in [-0.39, 0.29) is 17.5 Å². The van der Waals surface area contributed by atoms with Crippen LogP contribution in [0.25, 0.3) is 0 Å². The zero-order valence-corrected chi connectivity index (χ0v) is 16.3. The summed E-state index contributed by atoms with van der Waals surface area (Å²) in [4.78, 5) is 25.5. The highest BCUT2D eigenvalue weighted by Crippen LogP contribution is 2.30. The summed E-state index contributed by atoms with van der Waals surface area (Å²) < 4.78 is 5.22. The van der Waals surface area contributed by atoms with Gasteiger partial charge in [0, 0.05) is 30.2 Å². The Labute approximate surface area is 168 Å². The molecule has 3 rings (SSSR count). The topological polar surface area (TPSA) is 84.7 Å². The molecule has 1 aliphatic rings. The summed E-state index contributed by atoms with van der Waals surface area (Å²) in [6, 6.07) is 11.9. The van der Waals surface area contributed by atoms with E-state index >= 15 is 0 Å². The molecule has 2 aromatic carbocycles. The van der Waals surface area contributed by atoms with Crippen LogP contribution in [0.4, 0.5) is 11.4 Å². The number of nitrogens with zero attached hydrogens (tertiary/aromatic N) is 2. The van der Waals surface area contributed by atoms with Crippen molar-refractivity contribution in [1.29, 1.82) is 0 Å². The van der Waals surface area contributed by atoms with Crippen LogP contribution in [-0.4, -0.2) is 35.9 Å². The number of nitrogens with one attached hydrogen (secondary N) is 1. The van der Waals surface area contributed by atoms with Crippen molar-refractivity contribution >= 4 is 28.9 Å². The molecule has 1 unspecified atom stereocenters. The van der Waals surface area contributed by atoms with Gasteiger partial charge in [0.25, 0.3) is 5.69 Å². The number of likely N-dealkylation sites (tertiary alicyclic amines) is 1. The maximum Gasteiger partial charge on any atom is 0.271 e. The van der Waals surface area contributed by atoms with E-state index in [1.54, 1.807) is 0 Å². The maximum absolute atomic E-state index is 12.8. The summed E-state index contributed by atoms with van der Waals surface area (Å²) in [5, 5.41) is 14.5. The van der Waals surface area contributed by atoms with E-state index in [0.29, 0.717) is 23.0 Å². The number of non-ortho nitro benzene ring substituents is 1. The van der Waals surface area contributed by atoms with Crippen molar-refractivity contribution in [3.05, 3.63) is 63.2 Å². The van der Waals surface area contributed by atoms with E-state index in [1.165, 1.54) is 25.3 Å². The summed E-state index contributed by atoms with van der Waals surface area (Å²) in [6.45, 7) is 2.30. The maximum atomic E-state index is 12.8. The van der Waals surface area contributed by atoms with E-state index < -0.39 is 4.92 Å². The zero-order chi connectivity index (χ0) is 20.1. The molecular weight excluding hydrogens is 382 g/mol. The molecular formula is C20H22ClN3O4. The molecule has 0 aliphatic carbocycles. The van der Waals surface area contributed by atoms with Gasteiger partial charge < -0.3 is 10.1 Å². The number of amides is 1. The number of carbonyl (C=O) groups is 1. The van der Waals surface area contributed by atoms with Gasteiger partial charge in [0.15, 0.2) is 0 Å². The fourth-order valence-corrected chi connectivity index (χ4v) is 3.53. The molecule has 1 heterocycles. The van der Waals surface area contributed by atoms with Crippen LogP contribution in [0.15, 0.2) is 42.5 Å². The highest BCUT2D eigenvalue weighted by Gasteiger charge is 2.27. The quantitative estimate of drug-likeness (QED) is 0.579. The van der Waals surface area contributed by atoms with E-state index in [4.69, 9.17) is 16.3 Å². The third-order valence-electron chi connectivity index (χ3n) is 4.85. The van der Waals surface area contributed by atoms with Gasteiger partial charge >= 0.3 is 0 Å². The van der Waals surface area contributed by atoms with Crippen molar-refractivity contribution in [1.82, 2.24) is 4.90 Å². The van der Waals surface area contributed by atoms with Crippen LogP contribution >= 0.6 is 11.6 Å². The average Bonchev–Trinajstić information content (AvgIpc) is 2.70. The molecule has 28 heavy (non-hydrogen) atoms. The second kappa shape index (κ2) is 9.03. The lowest BCUT2D eigenvalue weighted by molar-refractivity contribution is -0.384. The highest BCUT2D eigenvalue weighted by molar-refractivity contribution is 6.30. The number of carbonyl (C=O) groups excluding carboxylic acids is 1. The van der Waals surface area contributed by atoms with Crippen molar-refractivity contribution < 1.29 is 14.5 Å². The second-order valence-corrected chi connectivity index (χ2v) is 7.27. The Morgan fingerprint density at radius 1 is 1.32 bits per heavy atom. The first kappa shape index (κ1) is 20.1. The number of methoxy groups -OCH3 is 1. The molecule has 148 valence electrons. The monoisotopic (exact) mass is 403 g/mol. The van der Waals surface area contributed by atoms with Crippen LogP contribution < -0.4 is 10.1 Å². The highest BCUT2D eigenvalue weighted by atomic mass is 35.5. The Hall–Kier alpha value is -2.64. The summed E-state index contributed by atoms with van der Waals surface area (Å²) in [7, 11) is 1.46. The molecule has 0 radical (unpaired) electrons. The minimum Gasteiger partial charge on any atom is -0.495 e. The predicted octanol–water partition coefficient (Wildman–Crippen LogP) is 4.11. The summed E-state index contributed by atoms with van der Waals surface area (Å²) in [6.07, 6.45) is 1.69. The van der Waals surface area contributed by atoms with Crippen LogP contribution in [0.5, 0.6) is 5.75 Å². The van der Waals surface area contributed by atoms with Gasteiger partial charge in [0.1, 0.15) is 5.75 Å². The lowest BCUT2D eigenvalue weighted by Crippen LogP contribution is -2.40. The summed E-state index contributed by atoms with van der Waals surface area (Å²) in [5.41, 5.74) is 1.37. The molecule has 0 saturated carbocycles. The van der Waals surface area contributed by atoms with Crippen molar-refractivity contribution in [2.75, 3.05) is 25.5 Å². The van der Waals surface area contributed by atoms with E-state index in [1.807, 2.05) is 24.3 Å². The van der Waals surface area contributed by atoms with Gasteiger partial charge in [-0.15, -0.1) is 0 Å². The fourth-order valence-electron chi connectivity index (χ4n) is 3.40. The normalized spacial score (nSPS) is 17.1. The number of ether oxygens (including phenoxy) is 1. The number of hydrogen-bond donors (Lipinski definition) is 1. The van der Waals surface area contributed by atoms with Gasteiger partial charge in [-0.25, -0.2) is 0 Å². The standard InChI is InChI=1S/C20H22ClN3O4/c1-28-19-9-8-17(24(26)27)11-18(19)22-20(25)15-3-2-10-23(13-15)12-14-4-6-16(21)7-5-14/h4-9,11,15H,2-3,10,12-13H2,1H3,(H,22,25). The van der Waals surface area contributed by atoms with Crippen molar-refractivity contribution in [2.45, 2.75) is 19.4 Å². The smallest absolute Gasteiger partial charge is 0.271 e. The lowest BCUT2D eigenvalue weighted by Gasteiger charge is -2.32. The molecule has 7 nitrogen and oxygen atoms in total. The molecule has 0 aromatic heterocycles. The van der Waals surface area contributed by atoms with Gasteiger partial charge in [-0.2, -0.15) is 0 Å². The first-order chi connectivity index (χ1) is 13.5. The molecule has 8 heteroatoms. The average molecular weight is 404 g/mol. The largest absolute Gasteiger partial charge is 0.495 e. The number of benzene rings is 2. The Morgan fingerprint density at radius 3 is 2.75 bits per heavy atom. The van der Waals surface area contributed by atoms with Gasteiger partial charge in [-0.05, 0) is 43.1 Å². The Kier molecular flexibility index (Phi) is 6.49.